The zero-order valence-corrected chi connectivity index (χ0v) is 16.0. The number of rotatable bonds is 7. The van der Waals surface area contributed by atoms with Crippen LogP contribution in [-0.2, 0) is 22.6 Å². The number of amides is 1. The number of carbonyl (C=O) groups is 1. The van der Waals surface area contributed by atoms with Crippen molar-refractivity contribution < 1.29 is 9.53 Å². The van der Waals surface area contributed by atoms with Gasteiger partial charge in [0.25, 0.3) is 0 Å². The largest absolute Gasteiger partial charge is 0.379 e. The van der Waals surface area contributed by atoms with Crippen molar-refractivity contribution in [2.24, 2.45) is 11.8 Å². The lowest BCUT2D eigenvalue weighted by molar-refractivity contribution is -0.122. The van der Waals surface area contributed by atoms with Gasteiger partial charge in [0, 0.05) is 32.6 Å². The molecule has 0 radical (unpaired) electrons. The molecular weight excluding hydrogens is 326 g/mol. The van der Waals surface area contributed by atoms with Gasteiger partial charge in [0.15, 0.2) is 0 Å². The molecule has 2 unspecified atom stereocenters. The molecule has 0 aromatic heterocycles. The molecule has 5 nitrogen and oxygen atoms in total. The Kier molecular flexibility index (Phi) is 7.47. The second-order valence-electron chi connectivity index (χ2n) is 7.72. The van der Waals surface area contributed by atoms with Crippen LogP contribution in [0.5, 0.6) is 0 Å². The summed E-state index contributed by atoms with van der Waals surface area (Å²) in [5.74, 6) is 1.23. The third-order valence-electron chi connectivity index (χ3n) is 5.74. The standard InChI is InChI=1S/C21H33N3O2/c1-17(18-7-4-8-22-14-18)13-21(25)23-15-19-5-2-3-6-20(19)16-24-9-11-26-12-10-24/h2-3,5-6,17-18,22H,4,7-16H2,1H3,(H,23,25). The van der Waals surface area contributed by atoms with E-state index >= 15 is 0 Å². The van der Waals surface area contributed by atoms with Crippen molar-refractivity contribution in [2.75, 3.05) is 39.4 Å². The van der Waals surface area contributed by atoms with E-state index in [1.807, 2.05) is 0 Å². The van der Waals surface area contributed by atoms with Gasteiger partial charge in [-0.25, -0.2) is 0 Å². The molecule has 1 aromatic rings. The van der Waals surface area contributed by atoms with Gasteiger partial charge < -0.3 is 15.4 Å². The van der Waals surface area contributed by atoms with Gasteiger partial charge in [-0.2, -0.15) is 0 Å². The van der Waals surface area contributed by atoms with E-state index in [4.69, 9.17) is 4.74 Å². The Morgan fingerprint density at radius 3 is 2.81 bits per heavy atom. The van der Waals surface area contributed by atoms with Gasteiger partial charge in [0.05, 0.1) is 13.2 Å². The van der Waals surface area contributed by atoms with Crippen LogP contribution in [0.15, 0.2) is 24.3 Å². The quantitative estimate of drug-likeness (QED) is 0.783. The van der Waals surface area contributed by atoms with Crippen LogP contribution in [0.2, 0.25) is 0 Å². The first-order valence-corrected chi connectivity index (χ1v) is 10.1. The van der Waals surface area contributed by atoms with Crippen LogP contribution < -0.4 is 10.6 Å². The van der Waals surface area contributed by atoms with E-state index < -0.39 is 0 Å². The van der Waals surface area contributed by atoms with E-state index in [-0.39, 0.29) is 5.91 Å². The summed E-state index contributed by atoms with van der Waals surface area (Å²) in [6, 6.07) is 8.44. The van der Waals surface area contributed by atoms with Crippen molar-refractivity contribution >= 4 is 5.91 Å². The Balaban J connectivity index is 1.48. The second kappa shape index (κ2) is 10.0. The molecule has 2 aliphatic heterocycles. The summed E-state index contributed by atoms with van der Waals surface area (Å²) in [6.45, 7) is 9.52. The Hall–Kier alpha value is -1.43. The van der Waals surface area contributed by atoms with Crippen LogP contribution in [0.25, 0.3) is 0 Å². The van der Waals surface area contributed by atoms with Gasteiger partial charge in [-0.15, -0.1) is 0 Å². The van der Waals surface area contributed by atoms with Gasteiger partial charge >= 0.3 is 0 Å². The molecule has 2 atom stereocenters. The lowest BCUT2D eigenvalue weighted by Crippen LogP contribution is -2.36. The minimum atomic E-state index is 0.171. The average Bonchev–Trinajstić information content (AvgIpc) is 2.69. The number of morpholine rings is 1. The molecule has 1 aromatic carbocycles. The lowest BCUT2D eigenvalue weighted by Gasteiger charge is -2.28. The highest BCUT2D eigenvalue weighted by atomic mass is 16.5. The Bertz CT molecular complexity index is 566. The summed E-state index contributed by atoms with van der Waals surface area (Å²) in [5.41, 5.74) is 2.53. The highest BCUT2D eigenvalue weighted by Crippen LogP contribution is 2.22. The fraction of sp³-hybridized carbons (Fsp3) is 0.667. The smallest absolute Gasteiger partial charge is 0.220 e. The zero-order valence-electron chi connectivity index (χ0n) is 16.0. The molecule has 2 fully saturated rings. The first-order chi connectivity index (χ1) is 12.7. The van der Waals surface area contributed by atoms with Crippen molar-refractivity contribution in [3.8, 4) is 0 Å². The summed E-state index contributed by atoms with van der Waals surface area (Å²) >= 11 is 0. The van der Waals surface area contributed by atoms with Crippen LogP contribution >= 0.6 is 0 Å². The molecule has 144 valence electrons. The summed E-state index contributed by atoms with van der Waals surface area (Å²) in [6.07, 6.45) is 3.09. The molecule has 0 bridgehead atoms. The maximum Gasteiger partial charge on any atom is 0.220 e. The fourth-order valence-corrected chi connectivity index (χ4v) is 3.97. The van der Waals surface area contributed by atoms with Crippen molar-refractivity contribution in [3.63, 3.8) is 0 Å². The first kappa shape index (κ1) is 19.3. The maximum absolute atomic E-state index is 12.4. The lowest BCUT2D eigenvalue weighted by atomic mass is 9.85. The number of carbonyl (C=O) groups excluding carboxylic acids is 1. The minimum absolute atomic E-state index is 0.171. The van der Waals surface area contributed by atoms with E-state index in [0.717, 1.165) is 45.9 Å². The Labute approximate surface area is 157 Å². The number of hydrogen-bond acceptors (Lipinski definition) is 4. The van der Waals surface area contributed by atoms with Crippen LogP contribution in [0.3, 0.4) is 0 Å². The predicted octanol–water partition coefficient (Wildman–Crippen LogP) is 2.16. The van der Waals surface area contributed by atoms with E-state index in [0.29, 0.717) is 24.8 Å². The highest BCUT2D eigenvalue weighted by molar-refractivity contribution is 5.76. The summed E-state index contributed by atoms with van der Waals surface area (Å²) < 4.78 is 5.43. The molecule has 1 amide bonds. The van der Waals surface area contributed by atoms with Gasteiger partial charge in [-0.3, -0.25) is 9.69 Å². The SMILES string of the molecule is CC(CC(=O)NCc1ccccc1CN1CCOCC1)C1CCCNC1. The molecule has 0 saturated carbocycles. The summed E-state index contributed by atoms with van der Waals surface area (Å²) in [4.78, 5) is 14.8. The molecule has 0 aliphatic carbocycles. The molecule has 26 heavy (non-hydrogen) atoms. The number of nitrogens with zero attached hydrogens (tertiary/aromatic N) is 1. The van der Waals surface area contributed by atoms with Crippen molar-refractivity contribution in [1.29, 1.82) is 0 Å². The number of hydrogen-bond donors (Lipinski definition) is 2. The molecule has 2 heterocycles. The van der Waals surface area contributed by atoms with Gasteiger partial charge in [-0.1, -0.05) is 31.2 Å². The summed E-state index contributed by atoms with van der Waals surface area (Å²) in [7, 11) is 0. The molecular formula is C21H33N3O2. The molecule has 0 spiro atoms. The Morgan fingerprint density at radius 2 is 2.08 bits per heavy atom. The molecule has 2 N–H and O–H groups in total. The van der Waals surface area contributed by atoms with E-state index in [2.05, 4.69) is 46.7 Å². The van der Waals surface area contributed by atoms with E-state index in [1.54, 1.807) is 0 Å². The average molecular weight is 360 g/mol. The summed E-state index contributed by atoms with van der Waals surface area (Å²) in [5, 5.41) is 6.59. The van der Waals surface area contributed by atoms with Crippen molar-refractivity contribution in [1.82, 2.24) is 15.5 Å². The molecule has 2 saturated heterocycles. The van der Waals surface area contributed by atoms with Gasteiger partial charge in [0.2, 0.25) is 5.91 Å². The monoisotopic (exact) mass is 359 g/mol. The number of piperidine rings is 1. The van der Waals surface area contributed by atoms with Crippen LogP contribution in [0.4, 0.5) is 0 Å². The van der Waals surface area contributed by atoms with Crippen molar-refractivity contribution in [2.45, 2.75) is 39.3 Å². The first-order valence-electron chi connectivity index (χ1n) is 10.1. The number of nitrogens with one attached hydrogen (secondary N) is 2. The number of ether oxygens (including phenoxy) is 1. The topological polar surface area (TPSA) is 53.6 Å². The third kappa shape index (κ3) is 5.79. The second-order valence-corrected chi connectivity index (χ2v) is 7.72. The van der Waals surface area contributed by atoms with Gasteiger partial charge in [-0.05, 0) is 48.9 Å². The Morgan fingerprint density at radius 1 is 1.31 bits per heavy atom. The highest BCUT2D eigenvalue weighted by Gasteiger charge is 2.22. The fourth-order valence-electron chi connectivity index (χ4n) is 3.97. The third-order valence-corrected chi connectivity index (χ3v) is 5.74. The number of benzene rings is 1. The minimum Gasteiger partial charge on any atom is -0.379 e. The van der Waals surface area contributed by atoms with Crippen LogP contribution in [-0.4, -0.2) is 50.2 Å². The normalized spacial score (nSPS) is 22.7. The molecule has 5 heteroatoms. The van der Waals surface area contributed by atoms with Crippen LogP contribution in [0, 0.1) is 11.8 Å². The predicted molar refractivity (Wildman–Crippen MR) is 104 cm³/mol. The van der Waals surface area contributed by atoms with E-state index in [1.165, 1.54) is 24.0 Å². The molecule has 2 aliphatic rings. The zero-order chi connectivity index (χ0) is 18.2. The van der Waals surface area contributed by atoms with Gasteiger partial charge in [0.1, 0.15) is 0 Å². The van der Waals surface area contributed by atoms with Crippen LogP contribution in [0.1, 0.15) is 37.3 Å². The van der Waals surface area contributed by atoms with Crippen molar-refractivity contribution in [3.05, 3.63) is 35.4 Å². The van der Waals surface area contributed by atoms with E-state index in [9.17, 15) is 4.79 Å². The maximum atomic E-state index is 12.4. The molecule has 3 rings (SSSR count).